The summed E-state index contributed by atoms with van der Waals surface area (Å²) in [7, 11) is 0. The zero-order chi connectivity index (χ0) is 17.2. The Balaban J connectivity index is 1.43. The number of hydrogen-bond donors (Lipinski definition) is 1. The first-order chi connectivity index (χ1) is 12.2. The molecule has 1 atom stereocenters. The molecule has 1 unspecified atom stereocenters. The minimum atomic E-state index is -0.0814. The van der Waals surface area contributed by atoms with Gasteiger partial charge in [-0.3, -0.25) is 14.2 Å². The maximum Gasteiger partial charge on any atom is 0.262 e. The monoisotopic (exact) mass is 353 g/mol. The molecule has 0 bridgehead atoms. The highest BCUT2D eigenvalue weighted by atomic mass is 32.1. The molecular weight excluding hydrogens is 334 g/mol. The minimum absolute atomic E-state index is 0.0287. The van der Waals surface area contributed by atoms with Gasteiger partial charge in [0.25, 0.3) is 5.56 Å². The lowest BCUT2D eigenvalue weighted by molar-refractivity contribution is -0.122. The normalized spacial score (nSPS) is 16.6. The van der Waals surface area contributed by atoms with Gasteiger partial charge in [-0.15, -0.1) is 11.3 Å². The maximum atomic E-state index is 12.4. The number of fused-ring (bicyclic) bond motifs is 2. The number of rotatable bonds is 4. The van der Waals surface area contributed by atoms with E-state index < -0.39 is 0 Å². The van der Waals surface area contributed by atoms with Crippen LogP contribution in [0.15, 0.2) is 46.8 Å². The van der Waals surface area contributed by atoms with Crippen molar-refractivity contribution in [3.63, 3.8) is 0 Å². The lowest BCUT2D eigenvalue weighted by Gasteiger charge is -2.26. The molecule has 25 heavy (non-hydrogen) atoms. The second kappa shape index (κ2) is 6.80. The number of thiophene rings is 1. The molecule has 2 heterocycles. The van der Waals surface area contributed by atoms with Crippen molar-refractivity contribution in [2.45, 2.75) is 38.3 Å². The van der Waals surface area contributed by atoms with Gasteiger partial charge in [-0.2, -0.15) is 0 Å². The van der Waals surface area contributed by atoms with Gasteiger partial charge in [0.1, 0.15) is 4.83 Å². The van der Waals surface area contributed by atoms with Gasteiger partial charge >= 0.3 is 0 Å². The number of hydrogen-bond acceptors (Lipinski definition) is 4. The zero-order valence-electron chi connectivity index (χ0n) is 13.8. The van der Waals surface area contributed by atoms with Crippen LogP contribution < -0.4 is 10.9 Å². The van der Waals surface area contributed by atoms with Gasteiger partial charge in [0, 0.05) is 13.0 Å². The average molecular weight is 353 g/mol. The number of carbonyl (C=O) groups is 1. The summed E-state index contributed by atoms with van der Waals surface area (Å²) in [6.45, 7) is 0.345. The summed E-state index contributed by atoms with van der Waals surface area (Å²) in [4.78, 5) is 29.7. The van der Waals surface area contributed by atoms with E-state index in [1.807, 2.05) is 17.5 Å². The van der Waals surface area contributed by atoms with Gasteiger partial charge < -0.3 is 5.32 Å². The fourth-order valence-corrected chi connectivity index (χ4v) is 4.17. The Labute approximate surface area is 149 Å². The van der Waals surface area contributed by atoms with E-state index in [-0.39, 0.29) is 23.9 Å². The molecule has 4 rings (SSSR count). The van der Waals surface area contributed by atoms with Crippen molar-refractivity contribution in [3.05, 3.63) is 63.5 Å². The lowest BCUT2D eigenvalue weighted by Crippen LogP contribution is -2.32. The van der Waals surface area contributed by atoms with E-state index in [4.69, 9.17) is 0 Å². The first-order valence-corrected chi connectivity index (χ1v) is 9.40. The Hall–Kier alpha value is -2.47. The van der Waals surface area contributed by atoms with Crippen LogP contribution in [0.2, 0.25) is 0 Å². The highest BCUT2D eigenvalue weighted by Gasteiger charge is 2.21. The van der Waals surface area contributed by atoms with E-state index >= 15 is 0 Å². The standard InChI is InChI=1S/C19H19N3O2S/c23-17(21-16-7-3-5-13-4-1-2-6-14(13)16)8-10-22-12-20-18-15(19(22)24)9-11-25-18/h1-2,4,6,9,11-12,16H,3,5,7-8,10H2,(H,21,23). The molecule has 3 aromatic rings. The first-order valence-electron chi connectivity index (χ1n) is 8.52. The SMILES string of the molecule is O=C(CCn1cnc2sccc2c1=O)NC1CCCc2ccccc21. The molecule has 1 amide bonds. The second-order valence-electron chi connectivity index (χ2n) is 6.34. The molecule has 0 saturated carbocycles. The number of amides is 1. The molecule has 2 aromatic heterocycles. The zero-order valence-corrected chi connectivity index (χ0v) is 14.6. The predicted octanol–water partition coefficient (Wildman–Crippen LogP) is 3.04. The fourth-order valence-electron chi connectivity index (χ4n) is 3.44. The van der Waals surface area contributed by atoms with Crippen LogP contribution in [-0.4, -0.2) is 15.5 Å². The minimum Gasteiger partial charge on any atom is -0.349 e. The number of aryl methyl sites for hydroxylation is 2. The molecule has 0 radical (unpaired) electrons. The van der Waals surface area contributed by atoms with E-state index in [2.05, 4.69) is 22.4 Å². The van der Waals surface area contributed by atoms with Crippen LogP contribution in [0.25, 0.3) is 10.2 Å². The first kappa shape index (κ1) is 16.0. The molecule has 0 aliphatic heterocycles. The lowest BCUT2D eigenvalue weighted by atomic mass is 9.88. The highest BCUT2D eigenvalue weighted by molar-refractivity contribution is 7.16. The number of aromatic nitrogens is 2. The molecule has 1 N–H and O–H groups in total. The van der Waals surface area contributed by atoms with Crippen LogP contribution in [0.4, 0.5) is 0 Å². The molecule has 6 heteroatoms. The molecule has 0 fully saturated rings. The van der Waals surface area contributed by atoms with Crippen LogP contribution >= 0.6 is 11.3 Å². The van der Waals surface area contributed by atoms with Crippen LogP contribution in [-0.2, 0) is 17.8 Å². The van der Waals surface area contributed by atoms with Crippen molar-refractivity contribution in [2.24, 2.45) is 0 Å². The summed E-state index contributed by atoms with van der Waals surface area (Å²) >= 11 is 1.45. The van der Waals surface area contributed by atoms with E-state index in [9.17, 15) is 9.59 Å². The van der Waals surface area contributed by atoms with Gasteiger partial charge in [0.2, 0.25) is 5.91 Å². The molecule has 5 nitrogen and oxygen atoms in total. The van der Waals surface area contributed by atoms with Gasteiger partial charge in [0.05, 0.1) is 17.8 Å². The van der Waals surface area contributed by atoms with Crippen molar-refractivity contribution in [2.75, 3.05) is 0 Å². The van der Waals surface area contributed by atoms with E-state index in [0.29, 0.717) is 11.9 Å². The Morgan fingerprint density at radius 1 is 1.32 bits per heavy atom. The topological polar surface area (TPSA) is 64.0 Å². The fraction of sp³-hybridized carbons (Fsp3) is 0.316. The van der Waals surface area contributed by atoms with Crippen molar-refractivity contribution in [3.8, 4) is 0 Å². The van der Waals surface area contributed by atoms with Gasteiger partial charge in [0.15, 0.2) is 0 Å². The molecular formula is C19H19N3O2S. The second-order valence-corrected chi connectivity index (χ2v) is 7.24. The van der Waals surface area contributed by atoms with E-state index in [1.54, 1.807) is 6.07 Å². The van der Waals surface area contributed by atoms with Crippen molar-refractivity contribution in [1.29, 1.82) is 0 Å². The van der Waals surface area contributed by atoms with Crippen LogP contribution in [0.5, 0.6) is 0 Å². The number of nitrogens with one attached hydrogen (secondary N) is 1. The molecule has 128 valence electrons. The van der Waals surface area contributed by atoms with Gasteiger partial charge in [-0.25, -0.2) is 4.98 Å². The molecule has 1 aliphatic rings. The predicted molar refractivity (Wildman–Crippen MR) is 98.8 cm³/mol. The smallest absolute Gasteiger partial charge is 0.262 e. The molecule has 1 aromatic carbocycles. The Kier molecular flexibility index (Phi) is 4.36. The van der Waals surface area contributed by atoms with Gasteiger partial charge in [-0.05, 0) is 41.8 Å². The summed E-state index contributed by atoms with van der Waals surface area (Å²) in [6, 6.07) is 10.2. The van der Waals surface area contributed by atoms with Gasteiger partial charge in [-0.1, -0.05) is 24.3 Å². The molecule has 0 saturated heterocycles. The summed E-state index contributed by atoms with van der Waals surface area (Å²) in [5.74, 6) is -0.0287. The average Bonchev–Trinajstić information content (AvgIpc) is 3.11. The number of nitrogens with zero attached hydrogens (tertiary/aromatic N) is 2. The van der Waals surface area contributed by atoms with E-state index in [1.165, 1.54) is 33.4 Å². The summed E-state index contributed by atoms with van der Waals surface area (Å²) < 4.78 is 1.52. The third-order valence-corrected chi connectivity index (χ3v) is 5.56. The van der Waals surface area contributed by atoms with Crippen molar-refractivity contribution < 1.29 is 4.79 Å². The highest BCUT2D eigenvalue weighted by Crippen LogP contribution is 2.29. The van der Waals surface area contributed by atoms with Crippen LogP contribution in [0.1, 0.15) is 36.4 Å². The molecule has 1 aliphatic carbocycles. The quantitative estimate of drug-likeness (QED) is 0.784. The Morgan fingerprint density at radius 3 is 3.12 bits per heavy atom. The van der Waals surface area contributed by atoms with Crippen molar-refractivity contribution >= 4 is 27.5 Å². The van der Waals surface area contributed by atoms with Crippen molar-refractivity contribution in [1.82, 2.24) is 14.9 Å². The number of benzene rings is 1. The molecule has 0 spiro atoms. The third kappa shape index (κ3) is 3.22. The summed E-state index contributed by atoms with van der Waals surface area (Å²) in [6.07, 6.45) is 4.93. The van der Waals surface area contributed by atoms with Crippen LogP contribution in [0.3, 0.4) is 0 Å². The summed E-state index contributed by atoms with van der Waals surface area (Å²) in [5.41, 5.74) is 2.46. The summed E-state index contributed by atoms with van der Waals surface area (Å²) in [5, 5.41) is 5.60. The number of carbonyl (C=O) groups excluding carboxylic acids is 1. The Bertz CT molecular complexity index is 976. The third-order valence-electron chi connectivity index (χ3n) is 4.73. The largest absolute Gasteiger partial charge is 0.349 e. The van der Waals surface area contributed by atoms with E-state index in [0.717, 1.165) is 24.1 Å². The van der Waals surface area contributed by atoms with Crippen LogP contribution in [0, 0.1) is 0 Å². The maximum absolute atomic E-state index is 12.4. The Morgan fingerprint density at radius 2 is 2.20 bits per heavy atom.